The molecular formula is C16H19FN4. The fourth-order valence-corrected chi connectivity index (χ4v) is 2.14. The average Bonchev–Trinajstić information content (AvgIpc) is 2.48. The van der Waals surface area contributed by atoms with E-state index in [0.29, 0.717) is 28.5 Å². The lowest BCUT2D eigenvalue weighted by Gasteiger charge is -2.13. The predicted octanol–water partition coefficient (Wildman–Crippen LogP) is 3.05. The minimum Gasteiger partial charge on any atom is -0.398 e. The van der Waals surface area contributed by atoms with Gasteiger partial charge in [-0.2, -0.15) is 0 Å². The maximum Gasteiger partial charge on any atom is 0.146 e. The Kier molecular flexibility index (Phi) is 4.42. The molecule has 0 atom stereocenters. The van der Waals surface area contributed by atoms with Gasteiger partial charge in [-0.3, -0.25) is 4.99 Å². The van der Waals surface area contributed by atoms with Gasteiger partial charge in [-0.25, -0.2) is 4.39 Å². The first-order chi connectivity index (χ1) is 10.1. The Morgan fingerprint density at radius 3 is 2.67 bits per heavy atom. The van der Waals surface area contributed by atoms with E-state index in [1.54, 1.807) is 31.3 Å². The minimum absolute atomic E-state index is 0.286. The van der Waals surface area contributed by atoms with Crippen molar-refractivity contribution in [2.45, 2.75) is 13.3 Å². The number of benzene rings is 2. The van der Waals surface area contributed by atoms with Crippen molar-refractivity contribution in [3.8, 4) is 0 Å². The summed E-state index contributed by atoms with van der Waals surface area (Å²) >= 11 is 0. The zero-order valence-corrected chi connectivity index (χ0v) is 12.2. The zero-order chi connectivity index (χ0) is 15.4. The number of hydrogen-bond acceptors (Lipinski definition) is 3. The molecule has 2 aromatic rings. The van der Waals surface area contributed by atoms with E-state index in [-0.39, 0.29) is 5.82 Å². The van der Waals surface area contributed by atoms with E-state index in [0.717, 1.165) is 12.0 Å². The number of nitrogens with one attached hydrogen (secondary N) is 1. The lowest BCUT2D eigenvalue weighted by atomic mass is 10.1. The molecule has 5 N–H and O–H groups in total. The number of rotatable bonds is 4. The van der Waals surface area contributed by atoms with Crippen LogP contribution in [-0.2, 0) is 6.42 Å². The van der Waals surface area contributed by atoms with Crippen molar-refractivity contribution in [3.05, 3.63) is 53.3 Å². The van der Waals surface area contributed by atoms with Gasteiger partial charge in [-0.15, -0.1) is 0 Å². The molecular weight excluding hydrogens is 267 g/mol. The molecule has 0 amide bonds. The van der Waals surface area contributed by atoms with Crippen molar-refractivity contribution in [1.82, 2.24) is 0 Å². The molecule has 0 radical (unpaired) electrons. The van der Waals surface area contributed by atoms with Gasteiger partial charge >= 0.3 is 0 Å². The lowest BCUT2D eigenvalue weighted by molar-refractivity contribution is 0.630. The van der Waals surface area contributed by atoms with E-state index >= 15 is 0 Å². The van der Waals surface area contributed by atoms with Gasteiger partial charge in [0, 0.05) is 24.0 Å². The first-order valence-electron chi connectivity index (χ1n) is 6.73. The van der Waals surface area contributed by atoms with E-state index in [9.17, 15) is 4.39 Å². The molecule has 0 fully saturated rings. The third-order valence-electron chi connectivity index (χ3n) is 3.32. The summed E-state index contributed by atoms with van der Waals surface area (Å²) in [6.07, 6.45) is 0.739. The summed E-state index contributed by atoms with van der Waals surface area (Å²) < 4.78 is 14.0. The second-order valence-corrected chi connectivity index (χ2v) is 4.66. The van der Waals surface area contributed by atoms with E-state index in [1.807, 2.05) is 13.0 Å². The molecule has 4 nitrogen and oxygen atoms in total. The molecule has 5 heteroatoms. The molecule has 0 heterocycles. The Labute approximate surface area is 123 Å². The highest BCUT2D eigenvalue weighted by Crippen LogP contribution is 2.26. The first-order valence-corrected chi connectivity index (χ1v) is 6.73. The molecule has 0 unspecified atom stereocenters. The maximum atomic E-state index is 14.0. The topological polar surface area (TPSA) is 76.4 Å². The zero-order valence-electron chi connectivity index (χ0n) is 12.2. The Bertz CT molecular complexity index is 680. The molecule has 0 aliphatic carbocycles. The quantitative estimate of drug-likeness (QED) is 0.459. The Hall–Kier alpha value is -2.56. The second-order valence-electron chi connectivity index (χ2n) is 4.66. The fourth-order valence-electron chi connectivity index (χ4n) is 2.14. The summed E-state index contributed by atoms with van der Waals surface area (Å²) in [4.78, 5) is 3.91. The van der Waals surface area contributed by atoms with Crippen LogP contribution in [0.1, 0.15) is 18.1 Å². The largest absolute Gasteiger partial charge is 0.398 e. The van der Waals surface area contributed by atoms with Gasteiger partial charge in [0.05, 0.1) is 5.69 Å². The number of hydrogen-bond donors (Lipinski definition) is 3. The lowest BCUT2D eigenvalue weighted by Crippen LogP contribution is -2.15. The Morgan fingerprint density at radius 1 is 1.29 bits per heavy atom. The number of aryl methyl sites for hydroxylation is 1. The van der Waals surface area contributed by atoms with Gasteiger partial charge in [0.1, 0.15) is 11.7 Å². The van der Waals surface area contributed by atoms with Gasteiger partial charge in [0.25, 0.3) is 0 Å². The van der Waals surface area contributed by atoms with Gasteiger partial charge in [0.2, 0.25) is 0 Å². The molecule has 110 valence electrons. The standard InChI is InChI=1S/C16H19FN4/c1-3-10-5-4-6-13(17)15(10)21-11-7-8-12(14(18)9-11)16(19)20-2/h4-9,21H,3,18H2,1-2H3,(H2,19,20). The molecule has 2 aromatic carbocycles. The average molecular weight is 286 g/mol. The Balaban J connectivity index is 2.35. The van der Waals surface area contributed by atoms with E-state index in [1.165, 1.54) is 6.07 Å². The molecule has 0 aliphatic rings. The van der Waals surface area contributed by atoms with Crippen LogP contribution in [0.25, 0.3) is 0 Å². The fraction of sp³-hybridized carbons (Fsp3) is 0.188. The maximum absolute atomic E-state index is 14.0. The smallest absolute Gasteiger partial charge is 0.146 e. The van der Waals surface area contributed by atoms with Crippen molar-refractivity contribution < 1.29 is 4.39 Å². The highest BCUT2D eigenvalue weighted by Gasteiger charge is 2.09. The van der Waals surface area contributed by atoms with Crippen LogP contribution in [0.3, 0.4) is 0 Å². The van der Waals surface area contributed by atoms with Gasteiger partial charge in [-0.05, 0) is 36.2 Å². The molecule has 0 bridgehead atoms. The van der Waals surface area contributed by atoms with Crippen LogP contribution < -0.4 is 16.8 Å². The summed E-state index contributed by atoms with van der Waals surface area (Å²) in [7, 11) is 1.60. The van der Waals surface area contributed by atoms with Gasteiger partial charge < -0.3 is 16.8 Å². The number of para-hydroxylation sites is 1. The van der Waals surface area contributed by atoms with Crippen LogP contribution in [0.15, 0.2) is 41.4 Å². The monoisotopic (exact) mass is 286 g/mol. The summed E-state index contributed by atoms with van der Waals surface area (Å²) in [6, 6.07) is 10.3. The first kappa shape index (κ1) is 14.8. The number of nitrogen functional groups attached to an aromatic ring is 1. The van der Waals surface area contributed by atoms with Crippen molar-refractivity contribution >= 4 is 22.9 Å². The summed E-state index contributed by atoms with van der Waals surface area (Å²) in [5, 5.41) is 3.08. The van der Waals surface area contributed by atoms with Crippen LogP contribution in [0.2, 0.25) is 0 Å². The predicted molar refractivity (Wildman–Crippen MR) is 86.6 cm³/mol. The third kappa shape index (κ3) is 3.13. The summed E-state index contributed by atoms with van der Waals surface area (Å²) in [5.41, 5.74) is 15.0. The number of amidine groups is 1. The number of nitrogens with zero attached hydrogens (tertiary/aromatic N) is 1. The number of nitrogens with two attached hydrogens (primary N) is 2. The van der Waals surface area contributed by atoms with Crippen molar-refractivity contribution in [3.63, 3.8) is 0 Å². The normalized spacial score (nSPS) is 11.5. The van der Waals surface area contributed by atoms with E-state index < -0.39 is 0 Å². The SMILES string of the molecule is CCc1cccc(F)c1Nc1ccc(C(N)=NC)c(N)c1. The third-order valence-corrected chi connectivity index (χ3v) is 3.32. The van der Waals surface area contributed by atoms with Gasteiger partial charge in [0.15, 0.2) is 0 Å². The highest BCUT2D eigenvalue weighted by atomic mass is 19.1. The molecule has 0 spiro atoms. The van der Waals surface area contributed by atoms with Crippen LogP contribution in [-0.4, -0.2) is 12.9 Å². The Morgan fingerprint density at radius 2 is 2.05 bits per heavy atom. The van der Waals surface area contributed by atoms with Crippen LogP contribution in [0.4, 0.5) is 21.5 Å². The molecule has 2 rings (SSSR count). The van der Waals surface area contributed by atoms with E-state index in [2.05, 4.69) is 10.3 Å². The molecule has 21 heavy (non-hydrogen) atoms. The minimum atomic E-state index is -0.286. The summed E-state index contributed by atoms with van der Waals surface area (Å²) in [5.74, 6) is 0.0887. The van der Waals surface area contributed by atoms with Gasteiger partial charge in [-0.1, -0.05) is 19.1 Å². The van der Waals surface area contributed by atoms with E-state index in [4.69, 9.17) is 11.5 Å². The molecule has 0 aliphatic heterocycles. The number of aliphatic imine (C=N–C) groups is 1. The second kappa shape index (κ2) is 6.26. The van der Waals surface area contributed by atoms with Crippen molar-refractivity contribution in [2.75, 3.05) is 18.1 Å². The number of anilines is 3. The molecule has 0 aromatic heterocycles. The van der Waals surface area contributed by atoms with Crippen LogP contribution >= 0.6 is 0 Å². The highest BCUT2D eigenvalue weighted by molar-refractivity contribution is 6.02. The van der Waals surface area contributed by atoms with Crippen molar-refractivity contribution in [2.24, 2.45) is 10.7 Å². The summed E-state index contributed by atoms with van der Waals surface area (Å²) in [6.45, 7) is 1.98. The number of halogens is 1. The van der Waals surface area contributed by atoms with Crippen LogP contribution in [0, 0.1) is 5.82 Å². The molecule has 0 saturated heterocycles. The molecule has 0 saturated carbocycles. The van der Waals surface area contributed by atoms with Crippen molar-refractivity contribution in [1.29, 1.82) is 0 Å². The van der Waals surface area contributed by atoms with Crippen LogP contribution in [0.5, 0.6) is 0 Å².